The maximum Gasteiger partial charge on any atom is 0.253 e. The van der Waals surface area contributed by atoms with Gasteiger partial charge in [0.05, 0.1) is 28.4 Å². The molecule has 3 rings (SSSR count). The number of aromatic nitrogens is 3. The Labute approximate surface area is 194 Å². The molecule has 162 valence electrons. The van der Waals surface area contributed by atoms with Gasteiger partial charge in [0.15, 0.2) is 11.0 Å². The first kappa shape index (κ1) is 23.1. The molecule has 10 heteroatoms. The molecule has 7 nitrogen and oxygen atoms in total. The van der Waals surface area contributed by atoms with Gasteiger partial charge in [-0.15, -0.1) is 0 Å². The average molecular weight is 481 g/mol. The lowest BCUT2D eigenvalue weighted by atomic mass is 10.1. The van der Waals surface area contributed by atoms with Gasteiger partial charge in [-0.05, 0) is 56.7 Å². The molecular weight excluding hydrogens is 461 g/mol. The molecule has 0 fully saturated rings. The molecule has 2 N–H and O–H groups in total. The standard InChI is InChI=1S/C21H20Cl3N5O2/c1-11(2)26-21(31)15-8-13(22)7-12(3)19(15)27-18(30)10-14-9-17(24)28-29(14)20-16(23)5-4-6-25-20/h4-9,11H,10H2,1-3H3,(H,26,31)(H,27,30). The molecule has 0 saturated heterocycles. The molecule has 3 aromatic rings. The number of hydrogen-bond acceptors (Lipinski definition) is 4. The van der Waals surface area contributed by atoms with Crippen molar-refractivity contribution in [1.82, 2.24) is 20.1 Å². The lowest BCUT2D eigenvalue weighted by Crippen LogP contribution is -2.31. The van der Waals surface area contributed by atoms with Gasteiger partial charge in [-0.2, -0.15) is 5.10 Å². The smallest absolute Gasteiger partial charge is 0.253 e. The van der Waals surface area contributed by atoms with E-state index in [1.165, 1.54) is 10.7 Å². The molecule has 2 aromatic heterocycles. The van der Waals surface area contributed by atoms with E-state index < -0.39 is 0 Å². The zero-order valence-electron chi connectivity index (χ0n) is 17.0. The highest BCUT2D eigenvalue weighted by atomic mass is 35.5. The molecule has 1 aromatic carbocycles. The number of amides is 2. The van der Waals surface area contributed by atoms with Crippen molar-refractivity contribution in [1.29, 1.82) is 0 Å². The Bertz CT molecular complexity index is 1140. The van der Waals surface area contributed by atoms with Gasteiger partial charge >= 0.3 is 0 Å². The first-order chi connectivity index (χ1) is 14.7. The Balaban J connectivity index is 1.89. The summed E-state index contributed by atoms with van der Waals surface area (Å²) >= 11 is 18.4. The van der Waals surface area contributed by atoms with Crippen molar-refractivity contribution in [2.75, 3.05) is 5.32 Å². The topological polar surface area (TPSA) is 88.9 Å². The summed E-state index contributed by atoms with van der Waals surface area (Å²) in [6.45, 7) is 5.46. The first-order valence-corrected chi connectivity index (χ1v) is 10.5. The van der Waals surface area contributed by atoms with E-state index >= 15 is 0 Å². The predicted molar refractivity (Wildman–Crippen MR) is 123 cm³/mol. The summed E-state index contributed by atoms with van der Waals surface area (Å²) in [5.74, 6) is -0.336. The number of benzene rings is 1. The molecule has 0 aliphatic rings. The molecule has 0 unspecified atom stereocenters. The summed E-state index contributed by atoms with van der Waals surface area (Å²) < 4.78 is 1.42. The maximum absolute atomic E-state index is 12.9. The van der Waals surface area contributed by atoms with E-state index in [1.54, 1.807) is 37.4 Å². The zero-order valence-corrected chi connectivity index (χ0v) is 19.3. The predicted octanol–water partition coefficient (Wildman–Crippen LogP) is 4.86. The van der Waals surface area contributed by atoms with Gasteiger partial charge in [0, 0.05) is 17.3 Å². The highest BCUT2D eigenvalue weighted by Crippen LogP contribution is 2.27. The Kier molecular flexibility index (Phi) is 7.20. The second-order valence-corrected chi connectivity index (χ2v) is 8.41. The van der Waals surface area contributed by atoms with Crippen molar-refractivity contribution in [3.63, 3.8) is 0 Å². The average Bonchev–Trinajstić information content (AvgIpc) is 3.03. The van der Waals surface area contributed by atoms with E-state index in [4.69, 9.17) is 34.8 Å². The number of carbonyl (C=O) groups excluding carboxylic acids is 2. The Morgan fingerprint density at radius 1 is 1.16 bits per heavy atom. The van der Waals surface area contributed by atoms with Crippen molar-refractivity contribution in [2.45, 2.75) is 33.2 Å². The lowest BCUT2D eigenvalue weighted by molar-refractivity contribution is -0.115. The Hall–Kier alpha value is -2.61. The van der Waals surface area contributed by atoms with Crippen LogP contribution in [0.3, 0.4) is 0 Å². The zero-order chi connectivity index (χ0) is 22.7. The van der Waals surface area contributed by atoms with Crippen LogP contribution in [0.4, 0.5) is 5.69 Å². The number of aryl methyl sites for hydroxylation is 1. The van der Waals surface area contributed by atoms with Crippen LogP contribution in [0.2, 0.25) is 15.2 Å². The third-order valence-corrected chi connectivity index (χ3v) is 4.96. The van der Waals surface area contributed by atoms with E-state index in [2.05, 4.69) is 20.7 Å². The molecule has 0 aliphatic carbocycles. The van der Waals surface area contributed by atoms with Crippen molar-refractivity contribution in [2.24, 2.45) is 0 Å². The van der Waals surface area contributed by atoms with E-state index in [0.29, 0.717) is 32.8 Å². The van der Waals surface area contributed by atoms with Gasteiger partial charge in [-0.1, -0.05) is 34.8 Å². The summed E-state index contributed by atoms with van der Waals surface area (Å²) in [6, 6.07) is 8.05. The number of halogens is 3. The third-order valence-electron chi connectivity index (χ3n) is 4.26. The molecule has 0 radical (unpaired) electrons. The van der Waals surface area contributed by atoms with Crippen LogP contribution >= 0.6 is 34.8 Å². The van der Waals surface area contributed by atoms with Gasteiger partial charge in [0.2, 0.25) is 5.91 Å². The van der Waals surface area contributed by atoms with Gasteiger partial charge in [-0.3, -0.25) is 9.59 Å². The monoisotopic (exact) mass is 479 g/mol. The van der Waals surface area contributed by atoms with Crippen LogP contribution in [0.1, 0.15) is 35.5 Å². The molecule has 0 atom stereocenters. The SMILES string of the molecule is Cc1cc(Cl)cc(C(=O)NC(C)C)c1NC(=O)Cc1cc(Cl)nn1-c1ncccc1Cl. The summed E-state index contributed by atoms with van der Waals surface area (Å²) in [7, 11) is 0. The van der Waals surface area contributed by atoms with E-state index in [1.807, 2.05) is 13.8 Å². The van der Waals surface area contributed by atoms with E-state index in [9.17, 15) is 9.59 Å². The maximum atomic E-state index is 12.9. The van der Waals surface area contributed by atoms with Crippen molar-refractivity contribution in [3.8, 4) is 5.82 Å². The number of rotatable bonds is 6. The van der Waals surface area contributed by atoms with Gasteiger partial charge in [0.25, 0.3) is 5.91 Å². The number of nitrogens with zero attached hydrogens (tertiary/aromatic N) is 3. The number of pyridine rings is 1. The fraction of sp³-hybridized carbons (Fsp3) is 0.238. The van der Waals surface area contributed by atoms with E-state index in [-0.39, 0.29) is 35.0 Å². The molecule has 0 bridgehead atoms. The second kappa shape index (κ2) is 9.68. The molecule has 2 amide bonds. The number of nitrogens with one attached hydrogen (secondary N) is 2. The quantitative estimate of drug-likeness (QED) is 0.527. The Morgan fingerprint density at radius 2 is 1.90 bits per heavy atom. The minimum atomic E-state index is -0.367. The number of carbonyl (C=O) groups is 2. The first-order valence-electron chi connectivity index (χ1n) is 9.42. The largest absolute Gasteiger partial charge is 0.350 e. The van der Waals surface area contributed by atoms with Crippen molar-refractivity contribution in [3.05, 3.63) is 68.5 Å². The van der Waals surface area contributed by atoms with E-state index in [0.717, 1.165) is 0 Å². The van der Waals surface area contributed by atoms with Crippen LogP contribution in [-0.4, -0.2) is 32.6 Å². The summed E-state index contributed by atoms with van der Waals surface area (Å²) in [5.41, 5.74) is 1.82. The van der Waals surface area contributed by atoms with Crippen LogP contribution in [-0.2, 0) is 11.2 Å². The van der Waals surface area contributed by atoms with Gasteiger partial charge in [-0.25, -0.2) is 9.67 Å². The summed E-state index contributed by atoms with van der Waals surface area (Å²) in [5, 5.41) is 10.8. The van der Waals surface area contributed by atoms with Crippen LogP contribution in [0.5, 0.6) is 0 Å². The lowest BCUT2D eigenvalue weighted by Gasteiger charge is -2.16. The van der Waals surface area contributed by atoms with Crippen LogP contribution in [0.15, 0.2) is 36.5 Å². The molecular formula is C21H20Cl3N5O2. The van der Waals surface area contributed by atoms with Crippen LogP contribution in [0, 0.1) is 6.92 Å². The minimum Gasteiger partial charge on any atom is -0.350 e. The molecule has 0 aliphatic heterocycles. The molecule has 31 heavy (non-hydrogen) atoms. The third kappa shape index (κ3) is 5.55. The fourth-order valence-electron chi connectivity index (χ4n) is 3.01. The normalized spacial score (nSPS) is 10.9. The van der Waals surface area contributed by atoms with Gasteiger partial charge in [0.1, 0.15) is 0 Å². The molecule has 2 heterocycles. The molecule has 0 saturated carbocycles. The van der Waals surface area contributed by atoms with Crippen molar-refractivity contribution < 1.29 is 9.59 Å². The fourth-order valence-corrected chi connectivity index (χ4v) is 3.68. The highest BCUT2D eigenvalue weighted by Gasteiger charge is 2.20. The van der Waals surface area contributed by atoms with Gasteiger partial charge < -0.3 is 10.6 Å². The highest BCUT2D eigenvalue weighted by molar-refractivity contribution is 6.32. The summed E-state index contributed by atoms with van der Waals surface area (Å²) in [4.78, 5) is 29.7. The summed E-state index contributed by atoms with van der Waals surface area (Å²) in [6.07, 6.45) is 1.50. The van der Waals surface area contributed by atoms with Crippen LogP contribution < -0.4 is 10.6 Å². The second-order valence-electron chi connectivity index (χ2n) is 7.18. The minimum absolute atomic E-state index is 0.0695. The Morgan fingerprint density at radius 3 is 2.58 bits per heavy atom. The molecule has 0 spiro atoms. The number of hydrogen-bond donors (Lipinski definition) is 2. The van der Waals surface area contributed by atoms with Crippen molar-refractivity contribution >= 4 is 52.3 Å². The number of anilines is 1. The van der Waals surface area contributed by atoms with Crippen LogP contribution in [0.25, 0.3) is 5.82 Å².